The standard InChI is InChI=1S/C24H32N2O4/c1-3-4-5-6-14-26(23-11-8-15-29-23)22(28)16-18(2)17-30-20-10-7-9-19-12-13-21(27)25-24(19)20/h7-11,15,18H,3-6,12-14,16-17H2,1-2H3,(H,25,27). The van der Waals surface area contributed by atoms with Crippen LogP contribution in [0.2, 0.25) is 0 Å². The zero-order chi connectivity index (χ0) is 21.3. The lowest BCUT2D eigenvalue weighted by Gasteiger charge is -2.23. The van der Waals surface area contributed by atoms with E-state index < -0.39 is 0 Å². The van der Waals surface area contributed by atoms with Crippen molar-refractivity contribution >= 4 is 23.4 Å². The first-order valence-electron chi connectivity index (χ1n) is 11.0. The molecule has 162 valence electrons. The summed E-state index contributed by atoms with van der Waals surface area (Å²) in [6.45, 7) is 5.24. The smallest absolute Gasteiger partial charge is 0.229 e. The predicted molar refractivity (Wildman–Crippen MR) is 118 cm³/mol. The molecular formula is C24H32N2O4. The largest absolute Gasteiger partial charge is 0.491 e. The molecule has 1 aromatic heterocycles. The minimum absolute atomic E-state index is 0.0129. The third-order valence-corrected chi connectivity index (χ3v) is 5.35. The van der Waals surface area contributed by atoms with Gasteiger partial charge in [-0.15, -0.1) is 0 Å². The number of hydrogen-bond donors (Lipinski definition) is 1. The normalized spacial score (nSPS) is 14.0. The SMILES string of the molecule is CCCCCCN(C(=O)CC(C)COc1cccc2c1NC(=O)CC2)c1ccco1. The molecule has 0 fully saturated rings. The molecule has 6 nitrogen and oxygen atoms in total. The fourth-order valence-electron chi connectivity index (χ4n) is 3.67. The highest BCUT2D eigenvalue weighted by Crippen LogP contribution is 2.32. The average molecular weight is 413 g/mol. The molecule has 2 heterocycles. The van der Waals surface area contributed by atoms with Crippen molar-refractivity contribution in [2.75, 3.05) is 23.4 Å². The Morgan fingerprint density at radius 2 is 2.07 bits per heavy atom. The van der Waals surface area contributed by atoms with Crippen LogP contribution in [0.1, 0.15) is 57.9 Å². The van der Waals surface area contributed by atoms with Crippen LogP contribution >= 0.6 is 0 Å². The number of rotatable bonds is 11. The molecule has 1 aliphatic rings. The molecule has 0 spiro atoms. The topological polar surface area (TPSA) is 71.8 Å². The third kappa shape index (κ3) is 5.88. The molecule has 0 bridgehead atoms. The number of anilines is 2. The Morgan fingerprint density at radius 1 is 1.20 bits per heavy atom. The Labute approximate surface area is 178 Å². The maximum atomic E-state index is 13.0. The van der Waals surface area contributed by atoms with Gasteiger partial charge in [-0.2, -0.15) is 0 Å². The number of carbonyl (C=O) groups excluding carboxylic acids is 2. The molecule has 6 heteroatoms. The Hall–Kier alpha value is -2.76. The molecular weight excluding hydrogens is 380 g/mol. The number of ether oxygens (including phenoxy) is 1. The van der Waals surface area contributed by atoms with E-state index in [-0.39, 0.29) is 17.7 Å². The summed E-state index contributed by atoms with van der Waals surface area (Å²) < 4.78 is 11.5. The Bertz CT molecular complexity index is 832. The zero-order valence-corrected chi connectivity index (χ0v) is 18.0. The van der Waals surface area contributed by atoms with Crippen LogP contribution in [-0.2, 0) is 16.0 Å². The molecule has 0 saturated heterocycles. The van der Waals surface area contributed by atoms with Crippen molar-refractivity contribution in [3.8, 4) is 5.75 Å². The first-order chi connectivity index (χ1) is 14.6. The summed E-state index contributed by atoms with van der Waals surface area (Å²) in [5.41, 5.74) is 1.85. The molecule has 3 rings (SSSR count). The first-order valence-corrected chi connectivity index (χ1v) is 11.0. The highest BCUT2D eigenvalue weighted by molar-refractivity contribution is 5.95. The van der Waals surface area contributed by atoms with Crippen LogP contribution in [0.4, 0.5) is 11.6 Å². The van der Waals surface area contributed by atoms with Gasteiger partial charge in [-0.05, 0) is 36.5 Å². The second-order valence-corrected chi connectivity index (χ2v) is 8.02. The van der Waals surface area contributed by atoms with Gasteiger partial charge in [0.05, 0.1) is 18.6 Å². The van der Waals surface area contributed by atoms with E-state index in [9.17, 15) is 9.59 Å². The number of unbranched alkanes of at least 4 members (excludes halogenated alkanes) is 3. The molecule has 0 saturated carbocycles. The monoisotopic (exact) mass is 412 g/mol. The number of nitrogens with zero attached hydrogens (tertiary/aromatic N) is 1. The minimum atomic E-state index is 0.0129. The van der Waals surface area contributed by atoms with E-state index in [4.69, 9.17) is 9.15 Å². The van der Waals surface area contributed by atoms with Crippen molar-refractivity contribution in [2.45, 2.75) is 58.8 Å². The van der Waals surface area contributed by atoms with Gasteiger partial charge in [0, 0.05) is 25.5 Å². The number of furan rings is 1. The molecule has 0 radical (unpaired) electrons. The van der Waals surface area contributed by atoms with Crippen molar-refractivity contribution in [2.24, 2.45) is 5.92 Å². The van der Waals surface area contributed by atoms with Crippen LogP contribution < -0.4 is 15.0 Å². The van der Waals surface area contributed by atoms with Crippen molar-refractivity contribution in [1.82, 2.24) is 0 Å². The van der Waals surface area contributed by atoms with Crippen LogP contribution in [0.25, 0.3) is 0 Å². The Morgan fingerprint density at radius 3 is 2.83 bits per heavy atom. The van der Waals surface area contributed by atoms with Crippen LogP contribution in [0, 0.1) is 5.92 Å². The summed E-state index contributed by atoms with van der Waals surface area (Å²) in [5.74, 6) is 1.35. The number of para-hydroxylation sites is 1. The Balaban J connectivity index is 1.56. The number of carbonyl (C=O) groups is 2. The van der Waals surface area contributed by atoms with Crippen molar-refractivity contribution in [3.63, 3.8) is 0 Å². The van der Waals surface area contributed by atoms with E-state index in [0.717, 1.165) is 36.9 Å². The summed E-state index contributed by atoms with van der Waals surface area (Å²) in [5, 5.41) is 2.91. The summed E-state index contributed by atoms with van der Waals surface area (Å²) in [4.78, 5) is 26.5. The van der Waals surface area contributed by atoms with Gasteiger partial charge in [0.25, 0.3) is 0 Å². The van der Waals surface area contributed by atoms with Crippen LogP contribution in [-0.4, -0.2) is 25.0 Å². The molecule has 30 heavy (non-hydrogen) atoms. The molecule has 1 aromatic carbocycles. The molecule has 1 unspecified atom stereocenters. The highest BCUT2D eigenvalue weighted by atomic mass is 16.5. The van der Waals surface area contributed by atoms with Crippen molar-refractivity contribution in [1.29, 1.82) is 0 Å². The summed E-state index contributed by atoms with van der Waals surface area (Å²) >= 11 is 0. The lowest BCUT2D eigenvalue weighted by Crippen LogP contribution is -2.33. The minimum Gasteiger partial charge on any atom is -0.491 e. The van der Waals surface area contributed by atoms with Gasteiger partial charge >= 0.3 is 0 Å². The number of aryl methyl sites for hydroxylation is 1. The van der Waals surface area contributed by atoms with E-state index >= 15 is 0 Å². The van der Waals surface area contributed by atoms with Crippen LogP contribution in [0.15, 0.2) is 41.0 Å². The van der Waals surface area contributed by atoms with Crippen LogP contribution in [0.3, 0.4) is 0 Å². The van der Waals surface area contributed by atoms with Gasteiger partial charge in [-0.1, -0.05) is 45.2 Å². The summed E-state index contributed by atoms with van der Waals surface area (Å²) in [7, 11) is 0. The molecule has 2 aromatic rings. The zero-order valence-electron chi connectivity index (χ0n) is 18.0. The highest BCUT2D eigenvalue weighted by Gasteiger charge is 2.22. The second-order valence-electron chi connectivity index (χ2n) is 8.02. The number of benzene rings is 1. The van der Waals surface area contributed by atoms with E-state index in [1.54, 1.807) is 17.2 Å². The number of nitrogens with one attached hydrogen (secondary N) is 1. The maximum absolute atomic E-state index is 13.0. The first kappa shape index (κ1) is 21.9. The quantitative estimate of drug-likeness (QED) is 0.516. The average Bonchev–Trinajstić information content (AvgIpc) is 3.26. The molecule has 0 aliphatic carbocycles. The fraction of sp³-hybridized carbons (Fsp3) is 0.500. The van der Waals surface area contributed by atoms with Gasteiger partial charge < -0.3 is 14.5 Å². The van der Waals surface area contributed by atoms with Gasteiger partial charge in [0.1, 0.15) is 5.75 Å². The van der Waals surface area contributed by atoms with Crippen molar-refractivity contribution < 1.29 is 18.7 Å². The van der Waals surface area contributed by atoms with Gasteiger partial charge in [0.15, 0.2) is 0 Å². The number of fused-ring (bicyclic) bond motifs is 1. The number of amides is 2. The molecule has 1 N–H and O–H groups in total. The van der Waals surface area contributed by atoms with Gasteiger partial charge in [-0.3, -0.25) is 14.5 Å². The predicted octanol–water partition coefficient (Wildman–Crippen LogP) is 5.18. The maximum Gasteiger partial charge on any atom is 0.229 e. The fourth-order valence-corrected chi connectivity index (χ4v) is 3.67. The second kappa shape index (κ2) is 10.9. The molecule has 1 atom stereocenters. The number of hydrogen-bond acceptors (Lipinski definition) is 4. The van der Waals surface area contributed by atoms with Crippen LogP contribution in [0.5, 0.6) is 5.75 Å². The molecule has 2 amide bonds. The van der Waals surface area contributed by atoms with E-state index in [2.05, 4.69) is 12.2 Å². The van der Waals surface area contributed by atoms with E-state index in [0.29, 0.717) is 37.6 Å². The van der Waals surface area contributed by atoms with Gasteiger partial charge in [0.2, 0.25) is 17.7 Å². The lowest BCUT2D eigenvalue weighted by atomic mass is 10.0. The van der Waals surface area contributed by atoms with Gasteiger partial charge in [-0.25, -0.2) is 0 Å². The lowest BCUT2D eigenvalue weighted by molar-refractivity contribution is -0.120. The van der Waals surface area contributed by atoms with E-state index in [1.165, 1.54) is 6.42 Å². The summed E-state index contributed by atoms with van der Waals surface area (Å²) in [6.07, 6.45) is 7.59. The van der Waals surface area contributed by atoms with E-state index in [1.807, 2.05) is 31.2 Å². The summed E-state index contributed by atoms with van der Waals surface area (Å²) in [6, 6.07) is 9.45. The Kier molecular flexibility index (Phi) is 7.94. The third-order valence-electron chi connectivity index (χ3n) is 5.35. The van der Waals surface area contributed by atoms with Crippen molar-refractivity contribution in [3.05, 3.63) is 42.2 Å². The molecule has 1 aliphatic heterocycles.